The summed E-state index contributed by atoms with van der Waals surface area (Å²) in [6.07, 6.45) is 1.16. The summed E-state index contributed by atoms with van der Waals surface area (Å²) >= 11 is 0. The van der Waals surface area contributed by atoms with Crippen LogP contribution in [0.5, 0.6) is 0 Å². The average Bonchev–Trinajstić information content (AvgIpc) is 2.18. The minimum atomic E-state index is -0.392. The minimum Gasteiger partial charge on any atom is -0.457 e. The van der Waals surface area contributed by atoms with Gasteiger partial charge in [-0.2, -0.15) is 0 Å². The maximum atomic E-state index is 10.7. The van der Waals surface area contributed by atoms with Crippen LogP contribution in [0.4, 0.5) is 0 Å². The predicted octanol–water partition coefficient (Wildman–Crippen LogP) is 0.174. The van der Waals surface area contributed by atoms with E-state index in [2.05, 4.69) is 6.58 Å². The molecule has 0 radical (unpaired) electrons. The van der Waals surface area contributed by atoms with E-state index in [1.165, 1.54) is 0 Å². The van der Waals surface area contributed by atoms with Crippen molar-refractivity contribution >= 4 is 5.97 Å². The lowest BCUT2D eigenvalue weighted by Crippen LogP contribution is -2.48. The third-order valence-electron chi connectivity index (χ3n) is 2.45. The number of aliphatic hydroxyl groups is 1. The van der Waals surface area contributed by atoms with Gasteiger partial charge in [-0.15, -0.1) is 0 Å². The number of hydrogen-bond acceptors (Lipinski definition) is 3. The lowest BCUT2D eigenvalue weighted by Gasteiger charge is -2.32. The van der Waals surface area contributed by atoms with E-state index in [0.717, 1.165) is 19.2 Å². The monoisotopic (exact) mass is 202 g/mol. The van der Waals surface area contributed by atoms with Crippen LogP contribution in [0.25, 0.3) is 0 Å². The number of ether oxygens (including phenoxy) is 1. The van der Waals surface area contributed by atoms with Crippen LogP contribution in [-0.4, -0.2) is 55.5 Å². The molecule has 0 heterocycles. The van der Waals surface area contributed by atoms with Crippen molar-refractivity contribution in [3.8, 4) is 0 Å². The van der Waals surface area contributed by atoms with Gasteiger partial charge >= 0.3 is 5.97 Å². The third-order valence-corrected chi connectivity index (χ3v) is 2.45. The maximum Gasteiger partial charge on any atom is 0.330 e. The van der Waals surface area contributed by atoms with Gasteiger partial charge in [0.25, 0.3) is 0 Å². The van der Waals surface area contributed by atoms with Crippen molar-refractivity contribution < 1.29 is 19.1 Å². The largest absolute Gasteiger partial charge is 0.457 e. The van der Waals surface area contributed by atoms with Crippen LogP contribution >= 0.6 is 0 Å². The van der Waals surface area contributed by atoms with Crippen molar-refractivity contribution in [3.63, 3.8) is 0 Å². The summed E-state index contributed by atoms with van der Waals surface area (Å²) in [5.41, 5.74) is 0. The molecule has 0 fully saturated rings. The number of quaternary nitrogens is 1. The number of likely N-dealkylation sites (N-methyl/N-ethyl adjacent to an activating group) is 1. The summed E-state index contributed by atoms with van der Waals surface area (Å²) < 4.78 is 5.59. The first-order valence-electron chi connectivity index (χ1n) is 4.81. The Morgan fingerprint density at radius 2 is 2.21 bits per heavy atom. The lowest BCUT2D eigenvalue weighted by atomic mass is 10.4. The molecule has 82 valence electrons. The van der Waals surface area contributed by atoms with Gasteiger partial charge in [0, 0.05) is 6.08 Å². The van der Waals surface area contributed by atoms with E-state index in [-0.39, 0.29) is 6.61 Å². The van der Waals surface area contributed by atoms with E-state index < -0.39 is 5.97 Å². The molecule has 14 heavy (non-hydrogen) atoms. The highest BCUT2D eigenvalue weighted by Crippen LogP contribution is 2.00. The molecule has 0 aliphatic rings. The molecular formula is C10H20NO3+. The first kappa shape index (κ1) is 13.1. The normalized spacial score (nSPS) is 14.5. The topological polar surface area (TPSA) is 46.5 Å². The number of esters is 1. The smallest absolute Gasteiger partial charge is 0.330 e. The second kappa shape index (κ2) is 6.56. The number of hydrogen-bond donors (Lipinski definition) is 1. The molecular weight excluding hydrogens is 182 g/mol. The molecule has 1 N–H and O–H groups in total. The molecule has 0 aliphatic carbocycles. The van der Waals surface area contributed by atoms with Gasteiger partial charge < -0.3 is 14.3 Å². The van der Waals surface area contributed by atoms with Crippen molar-refractivity contribution in [1.29, 1.82) is 0 Å². The van der Waals surface area contributed by atoms with E-state index in [1.54, 1.807) is 0 Å². The number of carbonyl (C=O) groups is 1. The second-order valence-electron chi connectivity index (χ2n) is 3.48. The van der Waals surface area contributed by atoms with Crippen molar-refractivity contribution in [2.24, 2.45) is 0 Å². The lowest BCUT2D eigenvalue weighted by molar-refractivity contribution is -0.908. The summed E-state index contributed by atoms with van der Waals surface area (Å²) in [7, 11) is 2.03. The highest BCUT2D eigenvalue weighted by atomic mass is 16.5. The molecule has 4 heteroatoms. The van der Waals surface area contributed by atoms with Gasteiger partial charge in [-0.05, 0) is 6.92 Å². The zero-order chi connectivity index (χ0) is 11.0. The quantitative estimate of drug-likeness (QED) is 0.364. The van der Waals surface area contributed by atoms with Gasteiger partial charge in [-0.1, -0.05) is 6.58 Å². The number of nitrogens with zero attached hydrogens (tertiary/aromatic N) is 1. The zero-order valence-corrected chi connectivity index (χ0v) is 9.03. The Bertz CT molecular complexity index is 194. The number of aliphatic hydroxyl groups excluding tert-OH is 1. The molecule has 0 rings (SSSR count). The van der Waals surface area contributed by atoms with Gasteiger partial charge in [0.15, 0.2) is 0 Å². The van der Waals surface area contributed by atoms with E-state index in [1.807, 2.05) is 14.0 Å². The average molecular weight is 202 g/mol. The van der Waals surface area contributed by atoms with Crippen LogP contribution in [0.15, 0.2) is 12.7 Å². The van der Waals surface area contributed by atoms with Crippen LogP contribution in [0.2, 0.25) is 0 Å². The molecule has 0 amide bonds. The SMILES string of the molecule is C=CC(=O)OCC[N+](C)(CC)CCO. The van der Waals surface area contributed by atoms with Crippen molar-refractivity contribution in [1.82, 2.24) is 0 Å². The summed E-state index contributed by atoms with van der Waals surface area (Å²) in [5, 5.41) is 8.85. The third kappa shape index (κ3) is 4.99. The van der Waals surface area contributed by atoms with E-state index in [9.17, 15) is 4.79 Å². The Morgan fingerprint density at radius 3 is 2.64 bits per heavy atom. The molecule has 0 saturated carbocycles. The molecule has 0 aromatic rings. The number of rotatable bonds is 7. The highest BCUT2D eigenvalue weighted by molar-refractivity contribution is 5.81. The fraction of sp³-hybridized carbons (Fsp3) is 0.700. The number of carbonyl (C=O) groups excluding carboxylic acids is 1. The predicted molar refractivity (Wildman–Crippen MR) is 54.7 cm³/mol. The van der Waals surface area contributed by atoms with Gasteiger partial charge in [0.1, 0.15) is 19.7 Å². The van der Waals surface area contributed by atoms with Crippen molar-refractivity contribution in [2.75, 3.05) is 39.9 Å². The molecule has 0 bridgehead atoms. The van der Waals surface area contributed by atoms with Crippen molar-refractivity contribution in [2.45, 2.75) is 6.92 Å². The Kier molecular flexibility index (Phi) is 6.16. The molecule has 0 spiro atoms. The molecule has 4 nitrogen and oxygen atoms in total. The molecule has 0 aromatic carbocycles. The van der Waals surface area contributed by atoms with Crippen molar-refractivity contribution in [3.05, 3.63) is 12.7 Å². The van der Waals surface area contributed by atoms with Crippen LogP contribution in [0.1, 0.15) is 6.92 Å². The van der Waals surface area contributed by atoms with Gasteiger partial charge in [-0.3, -0.25) is 0 Å². The van der Waals surface area contributed by atoms with Crippen LogP contribution in [0, 0.1) is 0 Å². The molecule has 0 aliphatic heterocycles. The molecule has 0 saturated heterocycles. The fourth-order valence-corrected chi connectivity index (χ4v) is 1.10. The Balaban J connectivity index is 3.82. The van der Waals surface area contributed by atoms with E-state index in [0.29, 0.717) is 17.6 Å². The minimum absolute atomic E-state index is 0.153. The van der Waals surface area contributed by atoms with Crippen LogP contribution in [0.3, 0.4) is 0 Å². The van der Waals surface area contributed by atoms with Crippen LogP contribution < -0.4 is 0 Å². The summed E-state index contributed by atoms with van der Waals surface area (Å²) in [5.74, 6) is -0.392. The maximum absolute atomic E-state index is 10.7. The second-order valence-corrected chi connectivity index (χ2v) is 3.48. The molecule has 1 unspecified atom stereocenters. The molecule has 0 aromatic heterocycles. The van der Waals surface area contributed by atoms with E-state index in [4.69, 9.17) is 9.84 Å². The highest BCUT2D eigenvalue weighted by Gasteiger charge is 2.18. The van der Waals surface area contributed by atoms with E-state index >= 15 is 0 Å². The Labute approximate surface area is 85.4 Å². The Hall–Kier alpha value is -0.870. The summed E-state index contributed by atoms with van der Waals surface area (Å²) in [4.78, 5) is 10.7. The first-order chi connectivity index (χ1) is 6.58. The van der Waals surface area contributed by atoms with Crippen LogP contribution in [-0.2, 0) is 9.53 Å². The summed E-state index contributed by atoms with van der Waals surface area (Å²) in [6, 6.07) is 0. The molecule has 1 atom stereocenters. The van der Waals surface area contributed by atoms with Gasteiger partial charge in [0.2, 0.25) is 0 Å². The van der Waals surface area contributed by atoms with Gasteiger partial charge in [0.05, 0.1) is 20.2 Å². The zero-order valence-electron chi connectivity index (χ0n) is 9.03. The summed E-state index contributed by atoms with van der Waals surface area (Å²) in [6.45, 7) is 8.19. The fourth-order valence-electron chi connectivity index (χ4n) is 1.10. The van der Waals surface area contributed by atoms with Gasteiger partial charge in [-0.25, -0.2) is 4.79 Å². The standard InChI is InChI=1S/C10H20NO3/c1-4-10(13)14-9-7-11(3,5-2)6-8-12/h4,12H,1,5-9H2,2-3H3/q+1. The first-order valence-corrected chi connectivity index (χ1v) is 4.81. The Morgan fingerprint density at radius 1 is 1.57 bits per heavy atom.